The molecule has 2 rings (SSSR count). The first-order chi connectivity index (χ1) is 9.59. The first kappa shape index (κ1) is 13.8. The third-order valence-electron chi connectivity index (χ3n) is 2.92. The highest BCUT2D eigenvalue weighted by molar-refractivity contribution is 6.10. The topological polar surface area (TPSA) is 49.4 Å². The van der Waals surface area contributed by atoms with E-state index in [1.165, 1.54) is 6.92 Å². The third-order valence-corrected chi connectivity index (χ3v) is 2.92. The van der Waals surface area contributed by atoms with Crippen LogP contribution in [0.2, 0.25) is 0 Å². The van der Waals surface area contributed by atoms with E-state index in [0.29, 0.717) is 11.3 Å². The van der Waals surface area contributed by atoms with E-state index in [9.17, 15) is 9.59 Å². The maximum atomic E-state index is 12.5. The van der Waals surface area contributed by atoms with Crippen LogP contribution in [0.3, 0.4) is 0 Å². The lowest BCUT2D eigenvalue weighted by Gasteiger charge is -2.19. The van der Waals surface area contributed by atoms with Gasteiger partial charge in [0.05, 0.1) is 11.3 Å². The molecule has 2 aromatic carbocycles. The van der Waals surface area contributed by atoms with E-state index in [1.54, 1.807) is 36.2 Å². The third kappa shape index (κ3) is 3.03. The molecule has 0 bridgehead atoms. The van der Waals surface area contributed by atoms with Crippen molar-refractivity contribution in [3.05, 3.63) is 60.2 Å². The molecule has 4 nitrogen and oxygen atoms in total. The normalized spacial score (nSPS) is 9.90. The van der Waals surface area contributed by atoms with Crippen molar-refractivity contribution in [2.24, 2.45) is 0 Å². The molecule has 0 radical (unpaired) electrons. The predicted molar refractivity (Wildman–Crippen MR) is 79.9 cm³/mol. The van der Waals surface area contributed by atoms with Crippen LogP contribution in [0, 0.1) is 0 Å². The quantitative estimate of drug-likeness (QED) is 0.930. The molecule has 0 atom stereocenters. The van der Waals surface area contributed by atoms with Gasteiger partial charge in [0.2, 0.25) is 5.91 Å². The number of nitrogens with zero attached hydrogens (tertiary/aromatic N) is 1. The van der Waals surface area contributed by atoms with Crippen LogP contribution < -0.4 is 10.2 Å². The maximum absolute atomic E-state index is 12.5. The van der Waals surface area contributed by atoms with Crippen LogP contribution in [-0.4, -0.2) is 18.9 Å². The molecule has 0 aliphatic carbocycles. The van der Waals surface area contributed by atoms with E-state index < -0.39 is 0 Å². The minimum atomic E-state index is -0.201. The van der Waals surface area contributed by atoms with Gasteiger partial charge in [0, 0.05) is 19.7 Å². The number of hydrogen-bond acceptors (Lipinski definition) is 2. The molecule has 0 aliphatic heterocycles. The minimum absolute atomic E-state index is 0.166. The van der Waals surface area contributed by atoms with Crippen LogP contribution in [0.25, 0.3) is 0 Å². The summed E-state index contributed by atoms with van der Waals surface area (Å²) in [6.45, 7) is 1.42. The summed E-state index contributed by atoms with van der Waals surface area (Å²) < 4.78 is 0. The number of hydrogen-bond donors (Lipinski definition) is 1. The van der Waals surface area contributed by atoms with Crippen molar-refractivity contribution in [1.82, 2.24) is 0 Å². The number of carbonyl (C=O) groups is 2. The van der Waals surface area contributed by atoms with Crippen molar-refractivity contribution in [1.29, 1.82) is 0 Å². The molecule has 0 unspecified atom stereocenters. The molecule has 1 N–H and O–H groups in total. The molecule has 0 saturated carbocycles. The Balaban J connectivity index is 2.32. The number of amides is 2. The Kier molecular flexibility index (Phi) is 4.15. The molecule has 0 fully saturated rings. The lowest BCUT2D eigenvalue weighted by molar-refractivity contribution is -0.114. The van der Waals surface area contributed by atoms with Crippen LogP contribution in [-0.2, 0) is 4.79 Å². The SMILES string of the molecule is CC(=O)Nc1ccccc1C(=O)N(C)c1ccccc1. The Morgan fingerprint density at radius 3 is 2.20 bits per heavy atom. The Hall–Kier alpha value is -2.62. The summed E-state index contributed by atoms with van der Waals surface area (Å²) in [4.78, 5) is 25.3. The predicted octanol–water partition coefficient (Wildman–Crippen LogP) is 2.92. The minimum Gasteiger partial charge on any atom is -0.326 e. The van der Waals surface area contributed by atoms with E-state index in [1.807, 2.05) is 30.3 Å². The van der Waals surface area contributed by atoms with Gasteiger partial charge in [-0.2, -0.15) is 0 Å². The van der Waals surface area contributed by atoms with Crippen LogP contribution in [0.5, 0.6) is 0 Å². The molecule has 2 amide bonds. The molecule has 0 heterocycles. The van der Waals surface area contributed by atoms with Crippen LogP contribution in [0.1, 0.15) is 17.3 Å². The molecule has 0 aliphatic rings. The first-order valence-electron chi connectivity index (χ1n) is 6.29. The summed E-state index contributed by atoms with van der Waals surface area (Å²) in [5.41, 5.74) is 1.79. The fraction of sp³-hybridized carbons (Fsp3) is 0.125. The number of para-hydroxylation sites is 2. The van der Waals surface area contributed by atoms with Gasteiger partial charge in [-0.15, -0.1) is 0 Å². The van der Waals surface area contributed by atoms with Crippen molar-refractivity contribution in [2.75, 3.05) is 17.3 Å². The second-order valence-corrected chi connectivity index (χ2v) is 4.43. The Labute approximate surface area is 118 Å². The van der Waals surface area contributed by atoms with E-state index in [2.05, 4.69) is 5.32 Å². The Morgan fingerprint density at radius 1 is 0.950 bits per heavy atom. The number of nitrogens with one attached hydrogen (secondary N) is 1. The first-order valence-corrected chi connectivity index (χ1v) is 6.29. The maximum Gasteiger partial charge on any atom is 0.260 e. The molecular weight excluding hydrogens is 252 g/mol. The fourth-order valence-electron chi connectivity index (χ4n) is 1.92. The number of anilines is 2. The van der Waals surface area contributed by atoms with E-state index in [0.717, 1.165) is 5.69 Å². The van der Waals surface area contributed by atoms with Crippen molar-refractivity contribution >= 4 is 23.2 Å². The molecular formula is C16H16N2O2. The number of benzene rings is 2. The van der Waals surface area contributed by atoms with Gasteiger partial charge < -0.3 is 10.2 Å². The average molecular weight is 268 g/mol. The summed E-state index contributed by atoms with van der Waals surface area (Å²) in [7, 11) is 1.71. The number of carbonyl (C=O) groups excluding carboxylic acids is 2. The van der Waals surface area contributed by atoms with Gasteiger partial charge in [0.15, 0.2) is 0 Å². The summed E-state index contributed by atoms with van der Waals surface area (Å²) in [5.74, 6) is -0.367. The second kappa shape index (κ2) is 6.02. The van der Waals surface area contributed by atoms with Gasteiger partial charge in [-0.05, 0) is 24.3 Å². The zero-order valence-electron chi connectivity index (χ0n) is 11.5. The van der Waals surface area contributed by atoms with Gasteiger partial charge in [-0.25, -0.2) is 0 Å². The Morgan fingerprint density at radius 2 is 1.55 bits per heavy atom. The van der Waals surface area contributed by atoms with E-state index in [4.69, 9.17) is 0 Å². The van der Waals surface area contributed by atoms with Crippen LogP contribution in [0.4, 0.5) is 11.4 Å². The van der Waals surface area contributed by atoms with Gasteiger partial charge >= 0.3 is 0 Å². The molecule has 0 spiro atoms. The highest BCUT2D eigenvalue weighted by Crippen LogP contribution is 2.20. The van der Waals surface area contributed by atoms with Gasteiger partial charge in [0.25, 0.3) is 5.91 Å². The van der Waals surface area contributed by atoms with E-state index in [-0.39, 0.29) is 11.8 Å². The molecule has 102 valence electrons. The van der Waals surface area contributed by atoms with Gasteiger partial charge in [-0.3, -0.25) is 9.59 Å². The molecule has 0 aromatic heterocycles. The summed E-state index contributed by atoms with van der Waals surface area (Å²) >= 11 is 0. The van der Waals surface area contributed by atoms with Crippen LogP contribution >= 0.6 is 0 Å². The monoisotopic (exact) mass is 268 g/mol. The lowest BCUT2D eigenvalue weighted by atomic mass is 10.1. The van der Waals surface area contributed by atoms with Gasteiger partial charge in [0.1, 0.15) is 0 Å². The van der Waals surface area contributed by atoms with Crippen LogP contribution in [0.15, 0.2) is 54.6 Å². The molecule has 2 aromatic rings. The number of rotatable bonds is 3. The van der Waals surface area contributed by atoms with Crippen molar-refractivity contribution in [3.63, 3.8) is 0 Å². The summed E-state index contributed by atoms with van der Waals surface area (Å²) in [6, 6.07) is 16.3. The molecule has 20 heavy (non-hydrogen) atoms. The van der Waals surface area contributed by atoms with Gasteiger partial charge in [-0.1, -0.05) is 30.3 Å². The Bertz CT molecular complexity index is 623. The standard InChI is InChI=1S/C16H16N2O2/c1-12(19)17-15-11-7-6-10-14(15)16(20)18(2)13-8-4-3-5-9-13/h3-11H,1-2H3,(H,17,19). The molecule has 0 saturated heterocycles. The highest BCUT2D eigenvalue weighted by atomic mass is 16.2. The zero-order valence-corrected chi connectivity index (χ0v) is 11.5. The average Bonchev–Trinajstić information content (AvgIpc) is 2.46. The van der Waals surface area contributed by atoms with Crippen molar-refractivity contribution < 1.29 is 9.59 Å². The highest BCUT2D eigenvalue weighted by Gasteiger charge is 2.17. The smallest absolute Gasteiger partial charge is 0.260 e. The molecule has 4 heteroatoms. The largest absolute Gasteiger partial charge is 0.326 e. The zero-order chi connectivity index (χ0) is 14.5. The fourth-order valence-corrected chi connectivity index (χ4v) is 1.92. The van der Waals surface area contributed by atoms with Crippen molar-refractivity contribution in [3.8, 4) is 0 Å². The van der Waals surface area contributed by atoms with E-state index >= 15 is 0 Å². The van der Waals surface area contributed by atoms with Crippen molar-refractivity contribution in [2.45, 2.75) is 6.92 Å². The second-order valence-electron chi connectivity index (χ2n) is 4.43. The summed E-state index contributed by atoms with van der Waals surface area (Å²) in [6.07, 6.45) is 0. The summed E-state index contributed by atoms with van der Waals surface area (Å²) in [5, 5.41) is 2.67. The lowest BCUT2D eigenvalue weighted by Crippen LogP contribution is -2.27.